The molecule has 0 saturated carbocycles. The lowest BCUT2D eigenvalue weighted by atomic mass is 9.87. The van der Waals surface area contributed by atoms with Crippen molar-refractivity contribution in [1.82, 2.24) is 15.2 Å². The maximum absolute atomic E-state index is 13.1. The van der Waals surface area contributed by atoms with Gasteiger partial charge in [-0.25, -0.2) is 9.89 Å². The number of ether oxygens (including phenoxy) is 1. The quantitative estimate of drug-likeness (QED) is 0.895. The second-order valence-corrected chi connectivity index (χ2v) is 6.68. The number of para-hydroxylation sites is 1. The Kier molecular flexibility index (Phi) is 4.53. The number of aromatic nitrogens is 3. The largest absolute Gasteiger partial charge is 0.376 e. The number of aromatic amines is 2. The van der Waals surface area contributed by atoms with E-state index in [9.17, 15) is 9.59 Å². The highest BCUT2D eigenvalue weighted by molar-refractivity contribution is 5.95. The summed E-state index contributed by atoms with van der Waals surface area (Å²) in [6.45, 7) is 4.81. The SMILES string of the molecule is CC1(C)CC(C(=O)N(Cc2n[nH]c(=O)[nH]2)c2ccccc2)CCO1. The molecule has 2 N–H and O–H groups in total. The number of amides is 1. The topological polar surface area (TPSA) is 91.1 Å². The third kappa shape index (κ3) is 3.73. The van der Waals surface area contributed by atoms with Crippen molar-refractivity contribution in [2.45, 2.75) is 38.8 Å². The monoisotopic (exact) mass is 330 g/mol. The van der Waals surface area contributed by atoms with E-state index in [-0.39, 0.29) is 29.7 Å². The molecule has 1 aromatic carbocycles. The molecule has 1 saturated heterocycles. The first-order valence-corrected chi connectivity index (χ1v) is 8.08. The lowest BCUT2D eigenvalue weighted by molar-refractivity contribution is -0.132. The third-order valence-corrected chi connectivity index (χ3v) is 4.24. The van der Waals surface area contributed by atoms with Gasteiger partial charge in [-0.2, -0.15) is 5.10 Å². The minimum absolute atomic E-state index is 0.0291. The molecule has 1 atom stereocenters. The van der Waals surface area contributed by atoms with Gasteiger partial charge in [0.05, 0.1) is 12.1 Å². The van der Waals surface area contributed by atoms with Gasteiger partial charge in [-0.05, 0) is 38.8 Å². The average molecular weight is 330 g/mol. The van der Waals surface area contributed by atoms with Crippen LogP contribution in [-0.4, -0.2) is 33.3 Å². The highest BCUT2D eigenvalue weighted by Crippen LogP contribution is 2.31. The molecule has 7 nitrogen and oxygen atoms in total. The summed E-state index contributed by atoms with van der Waals surface area (Å²) in [4.78, 5) is 28.7. The van der Waals surface area contributed by atoms with Crippen molar-refractivity contribution in [3.8, 4) is 0 Å². The summed E-state index contributed by atoms with van der Waals surface area (Å²) in [5.41, 5.74) is 0.106. The molecule has 1 aliphatic heterocycles. The Morgan fingerprint density at radius 3 is 2.75 bits per heavy atom. The van der Waals surface area contributed by atoms with E-state index in [0.29, 0.717) is 25.3 Å². The molecule has 1 aliphatic rings. The second-order valence-electron chi connectivity index (χ2n) is 6.68. The number of nitrogens with zero attached hydrogens (tertiary/aromatic N) is 2. The molecule has 1 amide bonds. The Morgan fingerprint density at radius 2 is 2.12 bits per heavy atom. The molecule has 3 rings (SSSR count). The standard InChI is InChI=1S/C17H22N4O3/c1-17(2)10-12(8-9-24-17)15(22)21(13-6-4-3-5-7-13)11-14-18-16(23)20-19-14/h3-7,12H,8-11H2,1-2H3,(H2,18,19,20,23). The van der Waals surface area contributed by atoms with Crippen LogP contribution >= 0.6 is 0 Å². The van der Waals surface area contributed by atoms with Crippen molar-refractivity contribution in [2.75, 3.05) is 11.5 Å². The van der Waals surface area contributed by atoms with E-state index in [4.69, 9.17) is 4.74 Å². The first-order valence-electron chi connectivity index (χ1n) is 8.08. The Labute approximate surface area is 140 Å². The second kappa shape index (κ2) is 6.60. The smallest absolute Gasteiger partial charge is 0.340 e. The first kappa shape index (κ1) is 16.4. The average Bonchev–Trinajstić information content (AvgIpc) is 2.97. The molecule has 1 aromatic heterocycles. The summed E-state index contributed by atoms with van der Waals surface area (Å²) in [5.74, 6) is 0.351. The van der Waals surface area contributed by atoms with Crippen molar-refractivity contribution >= 4 is 11.6 Å². The van der Waals surface area contributed by atoms with Crippen molar-refractivity contribution < 1.29 is 9.53 Å². The maximum atomic E-state index is 13.1. The van der Waals surface area contributed by atoms with Crippen molar-refractivity contribution in [1.29, 1.82) is 0 Å². The summed E-state index contributed by atoms with van der Waals surface area (Å²) >= 11 is 0. The molecule has 128 valence electrons. The van der Waals surface area contributed by atoms with Crippen LogP contribution in [0.15, 0.2) is 35.1 Å². The summed E-state index contributed by atoms with van der Waals surface area (Å²) in [5, 5.41) is 6.26. The van der Waals surface area contributed by atoms with E-state index in [1.807, 2.05) is 44.2 Å². The number of rotatable bonds is 4. The zero-order valence-electron chi connectivity index (χ0n) is 13.9. The number of H-pyrrole nitrogens is 2. The van der Waals surface area contributed by atoms with E-state index in [1.165, 1.54) is 0 Å². The number of anilines is 1. The molecule has 2 heterocycles. The lowest BCUT2D eigenvalue weighted by Gasteiger charge is -2.37. The summed E-state index contributed by atoms with van der Waals surface area (Å²) < 4.78 is 5.72. The number of carbonyl (C=O) groups excluding carboxylic acids is 1. The number of hydrogen-bond acceptors (Lipinski definition) is 4. The normalized spacial score (nSPS) is 19.8. The van der Waals surface area contributed by atoms with Crippen molar-refractivity contribution in [3.63, 3.8) is 0 Å². The molecule has 0 bridgehead atoms. The van der Waals surface area contributed by atoms with Gasteiger partial charge in [0.25, 0.3) is 0 Å². The molecule has 1 fully saturated rings. The fourth-order valence-corrected chi connectivity index (χ4v) is 3.10. The van der Waals surface area contributed by atoms with E-state index in [1.54, 1.807) is 4.90 Å². The van der Waals surface area contributed by atoms with Crippen LogP contribution in [-0.2, 0) is 16.1 Å². The van der Waals surface area contributed by atoms with Crippen LogP contribution in [0.2, 0.25) is 0 Å². The molecule has 24 heavy (non-hydrogen) atoms. The Hall–Kier alpha value is -2.41. The predicted molar refractivity (Wildman–Crippen MR) is 89.6 cm³/mol. The van der Waals surface area contributed by atoms with Gasteiger partial charge in [0.2, 0.25) is 5.91 Å². The first-order chi connectivity index (χ1) is 11.4. The number of hydrogen-bond donors (Lipinski definition) is 2. The van der Waals surface area contributed by atoms with Gasteiger partial charge < -0.3 is 9.64 Å². The van der Waals surface area contributed by atoms with E-state index in [0.717, 1.165) is 5.69 Å². The van der Waals surface area contributed by atoms with Gasteiger partial charge in [0.1, 0.15) is 0 Å². The third-order valence-electron chi connectivity index (χ3n) is 4.24. The van der Waals surface area contributed by atoms with Crippen molar-refractivity contribution in [2.24, 2.45) is 5.92 Å². The van der Waals surface area contributed by atoms with Gasteiger partial charge in [0.15, 0.2) is 5.82 Å². The van der Waals surface area contributed by atoms with Crippen LogP contribution in [0.25, 0.3) is 0 Å². The molecular formula is C17H22N4O3. The highest BCUT2D eigenvalue weighted by atomic mass is 16.5. The number of benzene rings is 1. The van der Waals surface area contributed by atoms with Crippen LogP contribution < -0.4 is 10.6 Å². The van der Waals surface area contributed by atoms with Gasteiger partial charge >= 0.3 is 5.69 Å². The molecule has 7 heteroatoms. The Balaban J connectivity index is 1.86. The summed E-state index contributed by atoms with van der Waals surface area (Å²) in [6.07, 6.45) is 1.37. The fraction of sp³-hybridized carbons (Fsp3) is 0.471. The fourth-order valence-electron chi connectivity index (χ4n) is 3.10. The van der Waals surface area contributed by atoms with Crippen LogP contribution in [0.5, 0.6) is 0 Å². The number of nitrogens with one attached hydrogen (secondary N) is 2. The van der Waals surface area contributed by atoms with Gasteiger partial charge in [0, 0.05) is 18.2 Å². The molecule has 2 aromatic rings. The van der Waals surface area contributed by atoms with E-state index < -0.39 is 0 Å². The Bertz CT molecular complexity index is 750. The summed E-state index contributed by atoms with van der Waals surface area (Å²) in [7, 11) is 0. The van der Waals surface area contributed by atoms with Crippen LogP contribution in [0.1, 0.15) is 32.5 Å². The van der Waals surface area contributed by atoms with Crippen LogP contribution in [0, 0.1) is 5.92 Å². The predicted octanol–water partition coefficient (Wildman–Crippen LogP) is 1.84. The van der Waals surface area contributed by atoms with Gasteiger partial charge in [-0.3, -0.25) is 9.78 Å². The maximum Gasteiger partial charge on any atom is 0.340 e. The van der Waals surface area contributed by atoms with Crippen LogP contribution in [0.3, 0.4) is 0 Å². The molecule has 0 radical (unpaired) electrons. The molecule has 0 aliphatic carbocycles. The molecule has 0 spiro atoms. The van der Waals surface area contributed by atoms with E-state index >= 15 is 0 Å². The van der Waals surface area contributed by atoms with Crippen molar-refractivity contribution in [3.05, 3.63) is 46.6 Å². The minimum atomic E-state index is -0.377. The minimum Gasteiger partial charge on any atom is -0.376 e. The lowest BCUT2D eigenvalue weighted by Crippen LogP contribution is -2.43. The van der Waals surface area contributed by atoms with E-state index in [2.05, 4.69) is 15.2 Å². The highest BCUT2D eigenvalue weighted by Gasteiger charge is 2.35. The Morgan fingerprint density at radius 1 is 1.38 bits per heavy atom. The molecule has 1 unspecified atom stereocenters. The molecular weight excluding hydrogens is 308 g/mol. The number of carbonyl (C=O) groups is 1. The van der Waals surface area contributed by atoms with Gasteiger partial charge in [-0.1, -0.05) is 18.2 Å². The summed E-state index contributed by atoms with van der Waals surface area (Å²) in [6, 6.07) is 9.44. The van der Waals surface area contributed by atoms with Crippen LogP contribution in [0.4, 0.5) is 5.69 Å². The van der Waals surface area contributed by atoms with Gasteiger partial charge in [-0.15, -0.1) is 0 Å². The zero-order chi connectivity index (χ0) is 17.2. The zero-order valence-corrected chi connectivity index (χ0v) is 13.9.